The van der Waals surface area contributed by atoms with Gasteiger partial charge in [-0.25, -0.2) is 0 Å². The second-order valence-corrected chi connectivity index (χ2v) is 3.52. The summed E-state index contributed by atoms with van der Waals surface area (Å²) >= 11 is 0. The molecule has 0 aliphatic carbocycles. The van der Waals surface area contributed by atoms with Gasteiger partial charge in [-0.2, -0.15) is 4.98 Å². The van der Waals surface area contributed by atoms with Crippen LogP contribution in [0.15, 0.2) is 4.52 Å². The van der Waals surface area contributed by atoms with Crippen molar-refractivity contribution in [2.24, 2.45) is 0 Å². The zero-order valence-electron chi connectivity index (χ0n) is 9.27. The minimum Gasteiger partial charge on any atom is -0.390 e. The van der Waals surface area contributed by atoms with E-state index in [-0.39, 0.29) is 6.61 Å². The van der Waals surface area contributed by atoms with Gasteiger partial charge in [-0.15, -0.1) is 0 Å². The second-order valence-electron chi connectivity index (χ2n) is 3.52. The maximum absolute atomic E-state index is 9.44. The summed E-state index contributed by atoms with van der Waals surface area (Å²) in [6, 6.07) is 0. The smallest absolute Gasteiger partial charge is 0.229 e. The van der Waals surface area contributed by atoms with Gasteiger partial charge >= 0.3 is 0 Å². The van der Waals surface area contributed by atoms with Crippen LogP contribution in [0.1, 0.15) is 31.5 Å². The van der Waals surface area contributed by atoms with Gasteiger partial charge in [0.15, 0.2) is 5.82 Å². The molecule has 0 saturated heterocycles. The van der Waals surface area contributed by atoms with E-state index >= 15 is 0 Å². The molecule has 15 heavy (non-hydrogen) atoms. The summed E-state index contributed by atoms with van der Waals surface area (Å²) in [7, 11) is 1.55. The Morgan fingerprint density at radius 1 is 1.53 bits per heavy atom. The predicted octanol–water partition coefficient (Wildman–Crippen LogP) is 0.962. The van der Waals surface area contributed by atoms with Crippen LogP contribution in [0.25, 0.3) is 0 Å². The first-order valence-corrected chi connectivity index (χ1v) is 5.24. The molecule has 0 aliphatic heterocycles. The van der Waals surface area contributed by atoms with E-state index in [2.05, 4.69) is 17.1 Å². The standard InChI is InChI=1S/C10H18N2O3/c1-3-4-5-9-11-10(15-12-9)6-8(13)7-14-2/h8,13H,3-7H2,1-2H3. The third-order valence-electron chi connectivity index (χ3n) is 2.03. The van der Waals surface area contributed by atoms with Crippen LogP contribution in [0.2, 0.25) is 0 Å². The lowest BCUT2D eigenvalue weighted by Crippen LogP contribution is -2.17. The minimum absolute atomic E-state index is 0.284. The summed E-state index contributed by atoms with van der Waals surface area (Å²) in [5.41, 5.74) is 0. The van der Waals surface area contributed by atoms with Gasteiger partial charge in [-0.05, 0) is 6.42 Å². The first-order chi connectivity index (χ1) is 7.26. The van der Waals surface area contributed by atoms with Crippen LogP contribution < -0.4 is 0 Å². The molecule has 1 atom stereocenters. The molecule has 1 N–H and O–H groups in total. The van der Waals surface area contributed by atoms with E-state index in [1.165, 1.54) is 0 Å². The van der Waals surface area contributed by atoms with Crippen LogP contribution in [0.4, 0.5) is 0 Å². The number of hydrogen-bond donors (Lipinski definition) is 1. The average Bonchev–Trinajstić information content (AvgIpc) is 2.63. The zero-order valence-corrected chi connectivity index (χ0v) is 9.27. The fourth-order valence-corrected chi connectivity index (χ4v) is 1.26. The Labute approximate surface area is 89.4 Å². The van der Waals surface area contributed by atoms with Gasteiger partial charge in [0.25, 0.3) is 0 Å². The monoisotopic (exact) mass is 214 g/mol. The van der Waals surface area contributed by atoms with Gasteiger partial charge in [-0.1, -0.05) is 18.5 Å². The van der Waals surface area contributed by atoms with Crippen LogP contribution in [0.3, 0.4) is 0 Å². The normalized spacial score (nSPS) is 13.0. The van der Waals surface area contributed by atoms with Crippen molar-refractivity contribution < 1.29 is 14.4 Å². The molecule has 1 unspecified atom stereocenters. The number of aliphatic hydroxyl groups excluding tert-OH is 1. The van der Waals surface area contributed by atoms with Crippen molar-refractivity contribution >= 4 is 0 Å². The molecule has 1 aromatic rings. The molecule has 1 rings (SSSR count). The number of methoxy groups -OCH3 is 1. The Morgan fingerprint density at radius 2 is 2.33 bits per heavy atom. The predicted molar refractivity (Wildman–Crippen MR) is 54.5 cm³/mol. The minimum atomic E-state index is -0.575. The number of unbranched alkanes of at least 4 members (excludes halogenated alkanes) is 1. The highest BCUT2D eigenvalue weighted by Gasteiger charge is 2.11. The quantitative estimate of drug-likeness (QED) is 0.732. The third kappa shape index (κ3) is 4.40. The first-order valence-electron chi connectivity index (χ1n) is 5.24. The van der Waals surface area contributed by atoms with E-state index in [1.54, 1.807) is 7.11 Å². The fourth-order valence-electron chi connectivity index (χ4n) is 1.26. The van der Waals surface area contributed by atoms with Gasteiger partial charge in [0, 0.05) is 13.5 Å². The van der Waals surface area contributed by atoms with Crippen molar-refractivity contribution in [3.05, 3.63) is 11.7 Å². The number of aryl methyl sites for hydroxylation is 1. The molecule has 0 radical (unpaired) electrons. The Hall–Kier alpha value is -0.940. The Kier molecular flexibility index (Phi) is 5.28. The molecule has 0 saturated carbocycles. The third-order valence-corrected chi connectivity index (χ3v) is 2.03. The molecule has 1 heterocycles. The SMILES string of the molecule is CCCCc1noc(CC(O)COC)n1. The molecule has 0 spiro atoms. The van der Waals surface area contributed by atoms with E-state index < -0.39 is 6.10 Å². The second kappa shape index (κ2) is 6.53. The van der Waals surface area contributed by atoms with E-state index in [4.69, 9.17) is 9.26 Å². The summed E-state index contributed by atoms with van der Waals surface area (Å²) in [6.45, 7) is 2.40. The molecule has 0 aromatic carbocycles. The number of nitrogens with zero attached hydrogens (tertiary/aromatic N) is 2. The van der Waals surface area contributed by atoms with Gasteiger partial charge in [0.1, 0.15) is 0 Å². The van der Waals surface area contributed by atoms with Crippen LogP contribution in [-0.2, 0) is 17.6 Å². The summed E-state index contributed by atoms with van der Waals surface area (Å²) in [5, 5.41) is 13.3. The molecule has 5 heteroatoms. The van der Waals surface area contributed by atoms with Gasteiger partial charge in [0.2, 0.25) is 5.89 Å². The molecule has 0 amide bonds. The topological polar surface area (TPSA) is 68.4 Å². The van der Waals surface area contributed by atoms with Crippen molar-refractivity contribution in [1.82, 2.24) is 10.1 Å². The van der Waals surface area contributed by atoms with Crippen molar-refractivity contribution in [2.45, 2.75) is 38.7 Å². The lowest BCUT2D eigenvalue weighted by atomic mass is 10.2. The highest BCUT2D eigenvalue weighted by molar-refractivity contribution is 4.88. The van der Waals surface area contributed by atoms with Gasteiger partial charge < -0.3 is 14.4 Å². The molecular formula is C10H18N2O3. The van der Waals surface area contributed by atoms with E-state index in [0.29, 0.717) is 12.3 Å². The largest absolute Gasteiger partial charge is 0.390 e. The highest BCUT2D eigenvalue weighted by Crippen LogP contribution is 2.04. The van der Waals surface area contributed by atoms with E-state index in [0.717, 1.165) is 25.1 Å². The van der Waals surface area contributed by atoms with Crippen LogP contribution in [0.5, 0.6) is 0 Å². The van der Waals surface area contributed by atoms with Crippen LogP contribution in [0, 0.1) is 0 Å². The summed E-state index contributed by atoms with van der Waals surface area (Å²) in [5.74, 6) is 1.20. The van der Waals surface area contributed by atoms with Gasteiger partial charge in [-0.3, -0.25) is 0 Å². The van der Waals surface area contributed by atoms with Crippen molar-refractivity contribution in [2.75, 3.05) is 13.7 Å². The molecule has 0 fully saturated rings. The summed E-state index contributed by atoms with van der Waals surface area (Å²) in [4.78, 5) is 4.18. The maximum Gasteiger partial charge on any atom is 0.229 e. The zero-order chi connectivity index (χ0) is 11.1. The molecule has 0 bridgehead atoms. The lowest BCUT2D eigenvalue weighted by molar-refractivity contribution is 0.0599. The number of rotatable bonds is 7. The van der Waals surface area contributed by atoms with Crippen molar-refractivity contribution in [3.8, 4) is 0 Å². The maximum atomic E-state index is 9.44. The fraction of sp³-hybridized carbons (Fsp3) is 0.800. The average molecular weight is 214 g/mol. The Balaban J connectivity index is 2.38. The summed E-state index contributed by atoms with van der Waals surface area (Å²) < 4.78 is 9.81. The van der Waals surface area contributed by atoms with Crippen LogP contribution in [-0.4, -0.2) is 35.1 Å². The number of aromatic nitrogens is 2. The Morgan fingerprint density at radius 3 is 3.00 bits per heavy atom. The molecule has 86 valence electrons. The van der Waals surface area contributed by atoms with E-state index in [9.17, 15) is 5.11 Å². The molecule has 5 nitrogen and oxygen atoms in total. The van der Waals surface area contributed by atoms with Crippen molar-refractivity contribution in [3.63, 3.8) is 0 Å². The van der Waals surface area contributed by atoms with Crippen LogP contribution >= 0.6 is 0 Å². The number of ether oxygens (including phenoxy) is 1. The lowest BCUT2D eigenvalue weighted by Gasteiger charge is -2.04. The highest BCUT2D eigenvalue weighted by atomic mass is 16.5. The molecular weight excluding hydrogens is 196 g/mol. The first kappa shape index (κ1) is 12.1. The van der Waals surface area contributed by atoms with E-state index in [1.807, 2.05) is 0 Å². The number of aliphatic hydroxyl groups is 1. The number of hydrogen-bond acceptors (Lipinski definition) is 5. The Bertz CT molecular complexity index is 275. The van der Waals surface area contributed by atoms with Gasteiger partial charge in [0.05, 0.1) is 19.1 Å². The molecule has 0 aliphatic rings. The van der Waals surface area contributed by atoms with Crippen molar-refractivity contribution in [1.29, 1.82) is 0 Å². The summed E-state index contributed by atoms with van der Waals surface area (Å²) in [6.07, 6.45) is 2.78. The molecule has 1 aromatic heterocycles.